The van der Waals surface area contributed by atoms with E-state index in [1.807, 2.05) is 6.07 Å². The number of benzene rings is 1. The summed E-state index contributed by atoms with van der Waals surface area (Å²) in [6.07, 6.45) is 0. The summed E-state index contributed by atoms with van der Waals surface area (Å²) in [5.41, 5.74) is 0.571. The number of carbonyl (C=O) groups excluding carboxylic acids is 1. The molecule has 74 valence electrons. The first-order chi connectivity index (χ1) is 6.65. The SMILES string of the molecule is C=C(Cl)C(=O)Nc1ccccc1OC. The molecule has 1 rings (SSSR count). The summed E-state index contributed by atoms with van der Waals surface area (Å²) in [5, 5.41) is 2.51. The van der Waals surface area contributed by atoms with E-state index in [9.17, 15) is 4.79 Å². The number of amides is 1. The summed E-state index contributed by atoms with van der Waals surface area (Å²) in [7, 11) is 1.53. The number of ether oxygens (including phenoxy) is 1. The molecule has 1 aromatic rings. The molecule has 0 saturated carbocycles. The number of rotatable bonds is 3. The van der Waals surface area contributed by atoms with Crippen LogP contribution in [0.5, 0.6) is 5.75 Å². The monoisotopic (exact) mass is 211 g/mol. The second-order valence-electron chi connectivity index (χ2n) is 2.56. The fourth-order valence-corrected chi connectivity index (χ4v) is 0.985. The van der Waals surface area contributed by atoms with Gasteiger partial charge in [-0.2, -0.15) is 0 Å². The molecule has 4 heteroatoms. The van der Waals surface area contributed by atoms with Gasteiger partial charge in [-0.25, -0.2) is 0 Å². The van der Waals surface area contributed by atoms with E-state index in [0.717, 1.165) is 0 Å². The molecule has 0 heterocycles. The number of halogens is 1. The second kappa shape index (κ2) is 4.67. The van der Waals surface area contributed by atoms with E-state index < -0.39 is 5.91 Å². The molecule has 0 bridgehead atoms. The van der Waals surface area contributed by atoms with Gasteiger partial charge in [0.25, 0.3) is 5.91 Å². The Morgan fingerprint density at radius 1 is 1.50 bits per heavy atom. The zero-order valence-electron chi connectivity index (χ0n) is 7.71. The van der Waals surface area contributed by atoms with Crippen molar-refractivity contribution in [2.24, 2.45) is 0 Å². The molecule has 0 aliphatic heterocycles. The lowest BCUT2D eigenvalue weighted by molar-refractivity contribution is -0.112. The van der Waals surface area contributed by atoms with Crippen molar-refractivity contribution in [1.82, 2.24) is 0 Å². The molecule has 0 aromatic heterocycles. The molecule has 0 atom stereocenters. The minimum absolute atomic E-state index is 0.0593. The number of hydrogen-bond acceptors (Lipinski definition) is 2. The maximum atomic E-state index is 11.2. The third kappa shape index (κ3) is 2.50. The Labute approximate surface area is 87.3 Å². The third-order valence-electron chi connectivity index (χ3n) is 1.60. The molecule has 0 spiro atoms. The van der Waals surface area contributed by atoms with E-state index in [2.05, 4.69) is 11.9 Å². The molecule has 1 N–H and O–H groups in total. The predicted octanol–water partition coefficient (Wildman–Crippen LogP) is 2.39. The Kier molecular flexibility index (Phi) is 3.54. The summed E-state index contributed by atoms with van der Waals surface area (Å²) >= 11 is 5.43. The first-order valence-electron chi connectivity index (χ1n) is 3.94. The average Bonchev–Trinajstić information content (AvgIpc) is 2.18. The Morgan fingerprint density at radius 3 is 2.71 bits per heavy atom. The van der Waals surface area contributed by atoms with E-state index in [-0.39, 0.29) is 5.03 Å². The summed E-state index contributed by atoms with van der Waals surface area (Å²) in [4.78, 5) is 11.2. The zero-order chi connectivity index (χ0) is 10.6. The van der Waals surface area contributed by atoms with Gasteiger partial charge in [-0.15, -0.1) is 0 Å². The van der Waals surface area contributed by atoms with Gasteiger partial charge in [0, 0.05) is 0 Å². The van der Waals surface area contributed by atoms with Crippen LogP contribution in [-0.4, -0.2) is 13.0 Å². The molecule has 1 amide bonds. The molecule has 1 aromatic carbocycles. The van der Waals surface area contributed by atoms with E-state index in [1.165, 1.54) is 7.11 Å². The number of anilines is 1. The van der Waals surface area contributed by atoms with Crippen molar-refractivity contribution < 1.29 is 9.53 Å². The molecule has 0 saturated heterocycles. The lowest BCUT2D eigenvalue weighted by Gasteiger charge is -2.08. The van der Waals surface area contributed by atoms with Crippen LogP contribution >= 0.6 is 11.6 Å². The minimum atomic E-state index is -0.434. The topological polar surface area (TPSA) is 38.3 Å². The van der Waals surface area contributed by atoms with Crippen molar-refractivity contribution in [3.63, 3.8) is 0 Å². The van der Waals surface area contributed by atoms with Crippen LogP contribution in [0.4, 0.5) is 5.69 Å². The highest BCUT2D eigenvalue weighted by Crippen LogP contribution is 2.23. The smallest absolute Gasteiger partial charge is 0.266 e. The fraction of sp³-hybridized carbons (Fsp3) is 0.100. The highest BCUT2D eigenvalue weighted by atomic mass is 35.5. The average molecular weight is 212 g/mol. The van der Waals surface area contributed by atoms with Gasteiger partial charge in [-0.1, -0.05) is 30.3 Å². The molecule has 0 radical (unpaired) electrons. The summed E-state index contributed by atoms with van der Waals surface area (Å²) in [6.45, 7) is 3.32. The number of hydrogen-bond donors (Lipinski definition) is 1. The van der Waals surface area contributed by atoms with Gasteiger partial charge >= 0.3 is 0 Å². The second-order valence-corrected chi connectivity index (χ2v) is 3.02. The molecule has 0 aliphatic carbocycles. The predicted molar refractivity (Wildman–Crippen MR) is 56.6 cm³/mol. The molecular weight excluding hydrogens is 202 g/mol. The van der Waals surface area contributed by atoms with E-state index in [0.29, 0.717) is 11.4 Å². The highest BCUT2D eigenvalue weighted by molar-refractivity contribution is 6.43. The Hall–Kier alpha value is -1.48. The molecular formula is C10H10ClNO2. The van der Waals surface area contributed by atoms with E-state index >= 15 is 0 Å². The minimum Gasteiger partial charge on any atom is -0.495 e. The number of para-hydroxylation sites is 2. The maximum absolute atomic E-state index is 11.2. The summed E-state index contributed by atoms with van der Waals surface area (Å²) in [5.74, 6) is 0.148. The van der Waals surface area contributed by atoms with Gasteiger partial charge in [0.2, 0.25) is 0 Å². The third-order valence-corrected chi connectivity index (χ3v) is 1.77. The van der Waals surface area contributed by atoms with E-state index in [1.54, 1.807) is 18.2 Å². The van der Waals surface area contributed by atoms with Crippen molar-refractivity contribution in [1.29, 1.82) is 0 Å². The van der Waals surface area contributed by atoms with Crippen molar-refractivity contribution in [2.75, 3.05) is 12.4 Å². The lowest BCUT2D eigenvalue weighted by Crippen LogP contribution is -2.11. The standard InChI is InChI=1S/C10H10ClNO2/c1-7(11)10(13)12-8-5-3-4-6-9(8)14-2/h3-6H,1H2,2H3,(H,12,13). The molecule has 14 heavy (non-hydrogen) atoms. The van der Waals surface area contributed by atoms with Gasteiger partial charge in [0.05, 0.1) is 17.8 Å². The fourth-order valence-electron chi connectivity index (χ4n) is 0.938. The molecule has 0 fully saturated rings. The van der Waals surface area contributed by atoms with Crippen molar-refractivity contribution in [2.45, 2.75) is 0 Å². The summed E-state index contributed by atoms with van der Waals surface area (Å²) in [6, 6.07) is 7.06. The summed E-state index contributed by atoms with van der Waals surface area (Å²) < 4.78 is 5.04. The maximum Gasteiger partial charge on any atom is 0.266 e. The van der Waals surface area contributed by atoms with E-state index in [4.69, 9.17) is 16.3 Å². The van der Waals surface area contributed by atoms with Crippen molar-refractivity contribution in [3.05, 3.63) is 35.9 Å². The van der Waals surface area contributed by atoms with Gasteiger partial charge in [-0.3, -0.25) is 4.79 Å². The van der Waals surface area contributed by atoms with Crippen LogP contribution < -0.4 is 10.1 Å². The van der Waals surface area contributed by atoms with Crippen LogP contribution in [0.3, 0.4) is 0 Å². The van der Waals surface area contributed by atoms with Crippen LogP contribution in [0.1, 0.15) is 0 Å². The Morgan fingerprint density at radius 2 is 2.14 bits per heavy atom. The van der Waals surface area contributed by atoms with Gasteiger partial charge < -0.3 is 10.1 Å². The zero-order valence-corrected chi connectivity index (χ0v) is 8.47. The molecule has 0 aliphatic rings. The largest absolute Gasteiger partial charge is 0.495 e. The quantitative estimate of drug-likeness (QED) is 0.780. The number of methoxy groups -OCH3 is 1. The van der Waals surface area contributed by atoms with Crippen LogP contribution in [0, 0.1) is 0 Å². The van der Waals surface area contributed by atoms with Gasteiger partial charge in [0.1, 0.15) is 5.75 Å². The van der Waals surface area contributed by atoms with Crippen LogP contribution in [0.2, 0.25) is 0 Å². The normalized spacial score (nSPS) is 9.29. The first kappa shape index (κ1) is 10.6. The van der Waals surface area contributed by atoms with Crippen molar-refractivity contribution in [3.8, 4) is 5.75 Å². The Bertz CT molecular complexity index is 363. The first-order valence-corrected chi connectivity index (χ1v) is 4.31. The van der Waals surface area contributed by atoms with Crippen LogP contribution in [0.15, 0.2) is 35.9 Å². The van der Waals surface area contributed by atoms with Gasteiger partial charge in [-0.05, 0) is 12.1 Å². The van der Waals surface area contributed by atoms with Gasteiger partial charge in [0.15, 0.2) is 0 Å². The number of carbonyl (C=O) groups is 1. The Balaban J connectivity index is 2.85. The molecule has 0 unspecified atom stereocenters. The van der Waals surface area contributed by atoms with Crippen LogP contribution in [-0.2, 0) is 4.79 Å². The van der Waals surface area contributed by atoms with Crippen molar-refractivity contribution >= 4 is 23.2 Å². The van der Waals surface area contributed by atoms with Crippen LogP contribution in [0.25, 0.3) is 0 Å². The molecule has 3 nitrogen and oxygen atoms in total. The lowest BCUT2D eigenvalue weighted by atomic mass is 10.3. The highest BCUT2D eigenvalue weighted by Gasteiger charge is 2.07. The number of nitrogens with one attached hydrogen (secondary N) is 1.